The summed E-state index contributed by atoms with van der Waals surface area (Å²) in [5, 5.41) is 0. The number of anilines is 1. The van der Waals surface area contributed by atoms with E-state index in [9.17, 15) is 13.2 Å². The maximum atomic E-state index is 12.2. The van der Waals surface area contributed by atoms with Crippen LogP contribution in [-0.2, 0) is 19.6 Å². The molecule has 0 N–H and O–H groups in total. The molecule has 1 aliphatic rings. The number of hydrogen-bond donors (Lipinski definition) is 0. The fourth-order valence-electron chi connectivity index (χ4n) is 2.48. The Labute approximate surface area is 131 Å². The lowest BCUT2D eigenvalue weighted by molar-refractivity contribution is -0.134. The molecule has 22 heavy (non-hydrogen) atoms. The Morgan fingerprint density at radius 2 is 1.91 bits per heavy atom. The minimum atomic E-state index is -3.43. The second kappa shape index (κ2) is 7.11. The molecular weight excluding hydrogens is 304 g/mol. The summed E-state index contributed by atoms with van der Waals surface area (Å²) in [6.45, 7) is 4.24. The molecule has 0 saturated carbocycles. The number of hydrogen-bond acceptors (Lipinski definition) is 4. The maximum absolute atomic E-state index is 12.2. The molecule has 1 amide bonds. The van der Waals surface area contributed by atoms with Crippen LogP contribution in [0.15, 0.2) is 24.3 Å². The van der Waals surface area contributed by atoms with Crippen molar-refractivity contribution in [2.45, 2.75) is 13.3 Å². The first kappa shape index (κ1) is 16.8. The van der Waals surface area contributed by atoms with Crippen molar-refractivity contribution in [3.05, 3.63) is 29.8 Å². The molecule has 1 aliphatic heterocycles. The lowest BCUT2D eigenvalue weighted by atomic mass is 10.2. The molecular formula is C15H22N2O4S. The van der Waals surface area contributed by atoms with Crippen LogP contribution in [0.3, 0.4) is 0 Å². The van der Waals surface area contributed by atoms with Crippen LogP contribution in [0.25, 0.3) is 0 Å². The van der Waals surface area contributed by atoms with Crippen LogP contribution < -0.4 is 4.31 Å². The lowest BCUT2D eigenvalue weighted by Crippen LogP contribution is -2.42. The number of benzene rings is 1. The number of ether oxygens (including phenoxy) is 1. The summed E-state index contributed by atoms with van der Waals surface area (Å²) in [5.41, 5.74) is 1.49. The maximum Gasteiger partial charge on any atom is 0.232 e. The number of carbonyl (C=O) groups excluding carboxylic acids is 1. The van der Waals surface area contributed by atoms with Gasteiger partial charge in [-0.25, -0.2) is 8.42 Å². The predicted octanol–water partition coefficient (Wildman–Crippen LogP) is 1.01. The van der Waals surface area contributed by atoms with Gasteiger partial charge in [0.1, 0.15) is 0 Å². The molecule has 0 aromatic heterocycles. The molecule has 0 aliphatic carbocycles. The number of nitrogens with zero attached hydrogens (tertiary/aromatic N) is 2. The summed E-state index contributed by atoms with van der Waals surface area (Å²) < 4.78 is 30.6. The predicted molar refractivity (Wildman–Crippen MR) is 85.4 cm³/mol. The molecule has 0 bridgehead atoms. The van der Waals surface area contributed by atoms with E-state index in [2.05, 4.69) is 0 Å². The van der Waals surface area contributed by atoms with E-state index in [-0.39, 0.29) is 18.9 Å². The monoisotopic (exact) mass is 326 g/mol. The second-order valence-corrected chi connectivity index (χ2v) is 7.27. The molecule has 0 atom stereocenters. The van der Waals surface area contributed by atoms with Crippen LogP contribution in [0.4, 0.5) is 5.69 Å². The fourth-order valence-corrected chi connectivity index (χ4v) is 3.46. The number of para-hydroxylation sites is 1. The van der Waals surface area contributed by atoms with Crippen molar-refractivity contribution in [3.8, 4) is 0 Å². The smallest absolute Gasteiger partial charge is 0.232 e. The third kappa shape index (κ3) is 4.20. The normalized spacial score (nSPS) is 15.6. The third-order valence-electron chi connectivity index (χ3n) is 3.68. The van der Waals surface area contributed by atoms with E-state index in [1.807, 2.05) is 19.1 Å². The first-order valence-electron chi connectivity index (χ1n) is 7.28. The van der Waals surface area contributed by atoms with Gasteiger partial charge in [0.15, 0.2) is 0 Å². The van der Waals surface area contributed by atoms with E-state index in [1.165, 1.54) is 10.6 Å². The molecule has 1 saturated heterocycles. The molecule has 0 radical (unpaired) electrons. The fraction of sp³-hybridized carbons (Fsp3) is 0.533. The van der Waals surface area contributed by atoms with Crippen molar-refractivity contribution in [2.75, 3.05) is 43.4 Å². The van der Waals surface area contributed by atoms with Gasteiger partial charge < -0.3 is 9.64 Å². The van der Waals surface area contributed by atoms with Gasteiger partial charge in [-0.05, 0) is 18.6 Å². The summed E-state index contributed by atoms with van der Waals surface area (Å²) in [6, 6.07) is 7.27. The highest BCUT2D eigenvalue weighted by Crippen LogP contribution is 2.22. The van der Waals surface area contributed by atoms with Gasteiger partial charge in [0.2, 0.25) is 15.9 Å². The average Bonchev–Trinajstić information content (AvgIpc) is 2.48. The Morgan fingerprint density at radius 1 is 1.27 bits per heavy atom. The van der Waals surface area contributed by atoms with E-state index in [0.29, 0.717) is 32.0 Å². The van der Waals surface area contributed by atoms with Crippen LogP contribution in [0.2, 0.25) is 0 Å². The molecule has 122 valence electrons. The molecule has 0 unspecified atom stereocenters. The van der Waals surface area contributed by atoms with Crippen LogP contribution >= 0.6 is 0 Å². The number of sulfonamides is 1. The van der Waals surface area contributed by atoms with Gasteiger partial charge >= 0.3 is 0 Å². The summed E-state index contributed by atoms with van der Waals surface area (Å²) in [5.74, 6) is -0.0365. The number of amides is 1. The van der Waals surface area contributed by atoms with Crippen molar-refractivity contribution in [1.29, 1.82) is 0 Å². The van der Waals surface area contributed by atoms with Gasteiger partial charge in [0.05, 0.1) is 25.2 Å². The zero-order valence-electron chi connectivity index (χ0n) is 13.0. The second-order valence-electron chi connectivity index (χ2n) is 5.36. The van der Waals surface area contributed by atoms with E-state index in [4.69, 9.17) is 4.74 Å². The Kier molecular flexibility index (Phi) is 5.42. The van der Waals surface area contributed by atoms with Crippen LogP contribution in [-0.4, -0.2) is 58.3 Å². The van der Waals surface area contributed by atoms with E-state index < -0.39 is 10.0 Å². The van der Waals surface area contributed by atoms with Crippen molar-refractivity contribution in [3.63, 3.8) is 0 Å². The first-order valence-corrected chi connectivity index (χ1v) is 9.13. The molecule has 1 fully saturated rings. The molecule has 1 aromatic rings. The summed E-state index contributed by atoms with van der Waals surface area (Å²) in [6.07, 6.45) is 1.33. The Hall–Kier alpha value is -1.60. The Balaban J connectivity index is 2.08. The minimum absolute atomic E-state index is 0.0365. The highest BCUT2D eigenvalue weighted by molar-refractivity contribution is 7.92. The zero-order chi connectivity index (χ0) is 16.2. The molecule has 7 heteroatoms. The first-order chi connectivity index (χ1) is 10.4. The number of aryl methyl sites for hydroxylation is 1. The Morgan fingerprint density at radius 3 is 2.50 bits per heavy atom. The summed E-state index contributed by atoms with van der Waals surface area (Å²) in [4.78, 5) is 13.9. The molecule has 1 heterocycles. The van der Waals surface area contributed by atoms with E-state index in [1.54, 1.807) is 17.0 Å². The van der Waals surface area contributed by atoms with Crippen molar-refractivity contribution >= 4 is 21.6 Å². The van der Waals surface area contributed by atoms with Crippen LogP contribution in [0.1, 0.15) is 12.0 Å². The van der Waals surface area contributed by atoms with E-state index in [0.717, 1.165) is 5.56 Å². The topological polar surface area (TPSA) is 66.9 Å². The minimum Gasteiger partial charge on any atom is -0.378 e. The largest absolute Gasteiger partial charge is 0.378 e. The standard InChI is InChI=1S/C15H22N2O4S/c1-13-5-3-4-6-14(13)17(22(2,19)20)8-7-15(18)16-9-11-21-12-10-16/h3-6H,7-12H2,1-2H3. The van der Waals surface area contributed by atoms with Crippen molar-refractivity contribution in [1.82, 2.24) is 4.90 Å². The molecule has 1 aromatic carbocycles. The molecule has 6 nitrogen and oxygen atoms in total. The average molecular weight is 326 g/mol. The Bertz CT molecular complexity index is 624. The lowest BCUT2D eigenvalue weighted by Gasteiger charge is -2.29. The van der Waals surface area contributed by atoms with Crippen LogP contribution in [0, 0.1) is 6.92 Å². The highest BCUT2D eigenvalue weighted by atomic mass is 32.2. The van der Waals surface area contributed by atoms with Gasteiger partial charge in [-0.2, -0.15) is 0 Å². The number of morpholine rings is 1. The van der Waals surface area contributed by atoms with Crippen molar-refractivity contribution in [2.24, 2.45) is 0 Å². The van der Waals surface area contributed by atoms with Crippen molar-refractivity contribution < 1.29 is 17.9 Å². The van der Waals surface area contributed by atoms with Gasteiger partial charge in [0, 0.05) is 26.1 Å². The summed E-state index contributed by atoms with van der Waals surface area (Å²) >= 11 is 0. The van der Waals surface area contributed by atoms with Gasteiger partial charge in [-0.1, -0.05) is 18.2 Å². The zero-order valence-corrected chi connectivity index (χ0v) is 13.8. The highest BCUT2D eigenvalue weighted by Gasteiger charge is 2.22. The quantitative estimate of drug-likeness (QED) is 0.810. The van der Waals surface area contributed by atoms with Gasteiger partial charge in [-0.3, -0.25) is 9.10 Å². The number of rotatable bonds is 5. The van der Waals surface area contributed by atoms with E-state index >= 15 is 0 Å². The van der Waals surface area contributed by atoms with Crippen LogP contribution in [0.5, 0.6) is 0 Å². The SMILES string of the molecule is Cc1ccccc1N(CCC(=O)N1CCOCC1)S(C)(=O)=O. The van der Waals surface area contributed by atoms with Gasteiger partial charge in [0.25, 0.3) is 0 Å². The molecule has 2 rings (SSSR count). The molecule has 0 spiro atoms. The number of carbonyl (C=O) groups is 1. The third-order valence-corrected chi connectivity index (χ3v) is 4.86. The van der Waals surface area contributed by atoms with Gasteiger partial charge in [-0.15, -0.1) is 0 Å². The summed E-state index contributed by atoms with van der Waals surface area (Å²) in [7, 11) is -3.43.